The summed E-state index contributed by atoms with van der Waals surface area (Å²) in [5.74, 6) is -1.58. The summed E-state index contributed by atoms with van der Waals surface area (Å²) in [4.78, 5) is 26.6. The van der Waals surface area contributed by atoms with Crippen LogP contribution in [0.1, 0.15) is 15.9 Å². The highest BCUT2D eigenvalue weighted by molar-refractivity contribution is 6.06. The first-order valence-corrected chi connectivity index (χ1v) is 7.23. The number of aliphatic carboxylic acids is 1. The first-order valence-electron chi connectivity index (χ1n) is 7.23. The smallest absolute Gasteiger partial charge is 0.320 e. The number of carboxylic acid groups (broad SMARTS) is 1. The predicted octanol–water partition coefficient (Wildman–Crippen LogP) is 1.21. The molecule has 1 atom stereocenters. The molecule has 0 aliphatic carbocycles. The molecule has 124 valence electrons. The second-order valence-electron chi connectivity index (χ2n) is 5.14. The number of carbonyl (C=O) groups is 2. The summed E-state index contributed by atoms with van der Waals surface area (Å²) in [6, 6.07) is 14.6. The molecule has 0 fully saturated rings. The monoisotopic (exact) mass is 326 g/mol. The summed E-state index contributed by atoms with van der Waals surface area (Å²) in [6.45, 7) is 0. The van der Waals surface area contributed by atoms with E-state index in [4.69, 9.17) is 16.6 Å². The Morgan fingerprint density at radius 2 is 1.71 bits per heavy atom. The minimum atomic E-state index is -1.07. The summed E-state index contributed by atoms with van der Waals surface area (Å²) in [5, 5.41) is 11.6. The largest absolute Gasteiger partial charge is 0.480 e. The van der Waals surface area contributed by atoms with Gasteiger partial charge in [-0.3, -0.25) is 9.59 Å². The van der Waals surface area contributed by atoms with Crippen molar-refractivity contribution >= 4 is 23.5 Å². The Labute approximate surface area is 139 Å². The van der Waals surface area contributed by atoms with Crippen LogP contribution in [0.5, 0.6) is 0 Å². The number of carboxylic acids is 1. The first kappa shape index (κ1) is 17.2. The third-order valence-electron chi connectivity index (χ3n) is 3.24. The fourth-order valence-corrected chi connectivity index (χ4v) is 2.00. The number of benzene rings is 2. The van der Waals surface area contributed by atoms with Gasteiger partial charge in [-0.2, -0.15) is 4.99 Å². The molecule has 7 nitrogen and oxygen atoms in total. The van der Waals surface area contributed by atoms with Crippen LogP contribution in [0.3, 0.4) is 0 Å². The molecule has 0 aliphatic heterocycles. The third-order valence-corrected chi connectivity index (χ3v) is 3.24. The maximum Gasteiger partial charge on any atom is 0.320 e. The van der Waals surface area contributed by atoms with Crippen molar-refractivity contribution in [3.63, 3.8) is 0 Å². The molecule has 1 amide bonds. The number of hydrogen-bond donors (Lipinski definition) is 4. The van der Waals surface area contributed by atoms with E-state index in [1.807, 2.05) is 18.2 Å². The Bertz CT molecular complexity index is 742. The fraction of sp³-hybridized carbons (Fsp3) is 0.118. The molecule has 0 saturated heterocycles. The van der Waals surface area contributed by atoms with Gasteiger partial charge in [-0.15, -0.1) is 0 Å². The van der Waals surface area contributed by atoms with Gasteiger partial charge in [-0.1, -0.05) is 30.3 Å². The molecule has 0 saturated carbocycles. The van der Waals surface area contributed by atoms with E-state index in [0.29, 0.717) is 5.56 Å². The molecule has 0 aliphatic rings. The molecule has 2 rings (SSSR count). The van der Waals surface area contributed by atoms with Gasteiger partial charge < -0.3 is 21.9 Å². The van der Waals surface area contributed by atoms with E-state index in [1.165, 1.54) is 0 Å². The number of nitrogens with zero attached hydrogens (tertiary/aromatic N) is 1. The average Bonchev–Trinajstić information content (AvgIpc) is 2.56. The van der Waals surface area contributed by atoms with Gasteiger partial charge in [0.15, 0.2) is 0 Å². The van der Waals surface area contributed by atoms with Crippen molar-refractivity contribution in [3.8, 4) is 0 Å². The lowest BCUT2D eigenvalue weighted by atomic mass is 10.0. The van der Waals surface area contributed by atoms with Crippen molar-refractivity contribution in [2.75, 3.05) is 5.32 Å². The van der Waals surface area contributed by atoms with Crippen molar-refractivity contribution in [2.45, 2.75) is 12.5 Å². The van der Waals surface area contributed by atoms with Gasteiger partial charge in [-0.25, -0.2) is 0 Å². The van der Waals surface area contributed by atoms with Gasteiger partial charge in [0.25, 0.3) is 5.91 Å². The van der Waals surface area contributed by atoms with Crippen LogP contribution in [0.4, 0.5) is 5.69 Å². The fourth-order valence-electron chi connectivity index (χ4n) is 2.00. The van der Waals surface area contributed by atoms with Crippen LogP contribution >= 0.6 is 0 Å². The van der Waals surface area contributed by atoms with Gasteiger partial charge >= 0.3 is 5.97 Å². The van der Waals surface area contributed by atoms with Crippen molar-refractivity contribution in [3.05, 3.63) is 65.7 Å². The van der Waals surface area contributed by atoms with Gasteiger partial charge in [0.05, 0.1) is 0 Å². The lowest BCUT2D eigenvalue weighted by molar-refractivity contribution is -0.138. The number of amides is 1. The number of nitrogens with two attached hydrogens (primary N) is 2. The second-order valence-corrected chi connectivity index (χ2v) is 5.14. The summed E-state index contributed by atoms with van der Waals surface area (Å²) in [7, 11) is 0. The SMILES string of the molecule is NC(=NC(=O)c1ccc(C[C@H](N)C(=O)O)cc1)Nc1ccccc1. The molecule has 0 bridgehead atoms. The molecule has 0 radical (unpaired) electrons. The van der Waals surface area contributed by atoms with E-state index < -0.39 is 17.9 Å². The molecule has 24 heavy (non-hydrogen) atoms. The van der Waals surface area contributed by atoms with E-state index in [-0.39, 0.29) is 12.4 Å². The van der Waals surface area contributed by atoms with Crippen LogP contribution in [0.25, 0.3) is 0 Å². The number of para-hydroxylation sites is 1. The number of aliphatic imine (C=N–C) groups is 1. The summed E-state index contributed by atoms with van der Waals surface area (Å²) in [6.07, 6.45) is 0.185. The van der Waals surface area contributed by atoms with E-state index in [9.17, 15) is 9.59 Å². The van der Waals surface area contributed by atoms with Crippen LogP contribution in [0.2, 0.25) is 0 Å². The lowest BCUT2D eigenvalue weighted by Gasteiger charge is -2.07. The third kappa shape index (κ3) is 4.92. The number of anilines is 1. The predicted molar refractivity (Wildman–Crippen MR) is 91.8 cm³/mol. The van der Waals surface area contributed by atoms with Crippen molar-refractivity contribution < 1.29 is 14.7 Å². The highest BCUT2D eigenvalue weighted by Gasteiger charge is 2.12. The van der Waals surface area contributed by atoms with Crippen molar-refractivity contribution in [1.29, 1.82) is 0 Å². The molecular formula is C17H18N4O3. The molecular weight excluding hydrogens is 308 g/mol. The topological polar surface area (TPSA) is 131 Å². The summed E-state index contributed by atoms with van der Waals surface area (Å²) in [5.41, 5.74) is 13.0. The van der Waals surface area contributed by atoms with Gasteiger partial charge in [0, 0.05) is 11.3 Å². The normalized spacial score (nSPS) is 12.5. The Hall–Kier alpha value is -3.19. The molecule has 0 spiro atoms. The van der Waals surface area contributed by atoms with Crippen molar-refractivity contribution in [2.24, 2.45) is 16.5 Å². The van der Waals surface area contributed by atoms with Crippen LogP contribution in [-0.2, 0) is 11.2 Å². The number of guanidine groups is 1. The zero-order valence-corrected chi connectivity index (χ0v) is 12.8. The Balaban J connectivity index is 2.01. The van der Waals surface area contributed by atoms with Crippen LogP contribution in [-0.4, -0.2) is 29.0 Å². The maximum atomic E-state index is 12.1. The number of carbonyl (C=O) groups excluding carboxylic acids is 1. The molecule has 2 aromatic carbocycles. The van der Waals surface area contributed by atoms with E-state index in [0.717, 1.165) is 11.3 Å². The lowest BCUT2D eigenvalue weighted by Crippen LogP contribution is -2.32. The highest BCUT2D eigenvalue weighted by atomic mass is 16.4. The van der Waals surface area contributed by atoms with Crippen LogP contribution in [0, 0.1) is 0 Å². The number of nitrogens with one attached hydrogen (secondary N) is 1. The Morgan fingerprint density at radius 3 is 2.29 bits per heavy atom. The minimum Gasteiger partial charge on any atom is -0.480 e. The van der Waals surface area contributed by atoms with E-state index in [1.54, 1.807) is 36.4 Å². The molecule has 7 heteroatoms. The molecule has 6 N–H and O–H groups in total. The van der Waals surface area contributed by atoms with Crippen molar-refractivity contribution in [1.82, 2.24) is 0 Å². The first-order chi connectivity index (χ1) is 11.5. The van der Waals surface area contributed by atoms with Gasteiger partial charge in [0.2, 0.25) is 5.96 Å². The van der Waals surface area contributed by atoms with Crippen LogP contribution < -0.4 is 16.8 Å². The van der Waals surface area contributed by atoms with Gasteiger partial charge in [0.1, 0.15) is 6.04 Å². The minimum absolute atomic E-state index is 0.0109. The average molecular weight is 326 g/mol. The van der Waals surface area contributed by atoms with Crippen LogP contribution in [0.15, 0.2) is 59.6 Å². The molecule has 0 aromatic heterocycles. The van der Waals surface area contributed by atoms with Gasteiger partial charge in [-0.05, 0) is 36.2 Å². The van der Waals surface area contributed by atoms with E-state index >= 15 is 0 Å². The number of hydrogen-bond acceptors (Lipinski definition) is 3. The molecule has 2 aromatic rings. The Morgan fingerprint density at radius 1 is 1.08 bits per heavy atom. The second kappa shape index (κ2) is 7.89. The Kier molecular flexibility index (Phi) is 5.64. The standard InChI is InChI=1S/C17H18N4O3/c18-14(16(23)24)10-11-6-8-12(9-7-11)15(22)21-17(19)20-13-4-2-1-3-5-13/h1-9,14H,10,18H2,(H,23,24)(H3,19,20,21,22)/t14-/m0/s1. The maximum absolute atomic E-state index is 12.1. The highest BCUT2D eigenvalue weighted by Crippen LogP contribution is 2.09. The summed E-state index contributed by atoms with van der Waals surface area (Å²) < 4.78 is 0. The zero-order valence-electron chi connectivity index (χ0n) is 12.8. The quantitative estimate of drug-likeness (QED) is 0.482. The molecule has 0 heterocycles. The van der Waals surface area contributed by atoms with E-state index in [2.05, 4.69) is 10.3 Å². The number of rotatable bonds is 5. The zero-order chi connectivity index (χ0) is 17.5. The summed E-state index contributed by atoms with van der Waals surface area (Å²) >= 11 is 0. The molecule has 0 unspecified atom stereocenters.